The van der Waals surface area contributed by atoms with Gasteiger partial charge in [0.25, 0.3) is 0 Å². The van der Waals surface area contributed by atoms with Gasteiger partial charge in [-0.3, -0.25) is 0 Å². The Hall–Kier alpha value is -1.56. The molecule has 0 bridgehead atoms. The number of nitrogens with one attached hydrogen (secondary N) is 2. The molecule has 0 unspecified atom stereocenters. The van der Waals surface area contributed by atoms with Gasteiger partial charge in [-0.1, -0.05) is 36.6 Å². The lowest BCUT2D eigenvalue weighted by atomic mass is 9.90. The summed E-state index contributed by atoms with van der Waals surface area (Å²) in [5, 5.41) is 4.10. The minimum atomic E-state index is -3.57. The number of aryl methyl sites for hydroxylation is 2. The van der Waals surface area contributed by atoms with E-state index in [2.05, 4.69) is 42.1 Å². The fourth-order valence-electron chi connectivity index (χ4n) is 3.42. The summed E-state index contributed by atoms with van der Waals surface area (Å²) in [4.78, 5) is 0.248. The summed E-state index contributed by atoms with van der Waals surface area (Å²) in [6.07, 6.45) is 3.90. The van der Waals surface area contributed by atoms with Crippen molar-refractivity contribution in [1.29, 1.82) is 0 Å². The van der Waals surface area contributed by atoms with Gasteiger partial charge in [0, 0.05) is 22.8 Å². The van der Waals surface area contributed by atoms with E-state index < -0.39 is 10.0 Å². The molecule has 0 aromatic heterocycles. The first-order valence-corrected chi connectivity index (χ1v) is 10.8. The zero-order valence-electron chi connectivity index (χ0n) is 15.1. The number of benzene rings is 2. The normalized spacial score (nSPS) is 20.7. The number of sulfonamides is 1. The summed E-state index contributed by atoms with van der Waals surface area (Å²) in [6, 6.07) is 12.5. The van der Waals surface area contributed by atoms with Crippen LogP contribution in [0.4, 0.5) is 5.69 Å². The van der Waals surface area contributed by atoms with Crippen LogP contribution in [0.5, 0.6) is 0 Å². The van der Waals surface area contributed by atoms with E-state index in [1.54, 1.807) is 24.3 Å². The highest BCUT2D eigenvalue weighted by Crippen LogP contribution is 2.26. The summed E-state index contributed by atoms with van der Waals surface area (Å²) in [5.41, 5.74) is 3.43. The topological polar surface area (TPSA) is 58.2 Å². The predicted octanol–water partition coefficient (Wildman–Crippen LogP) is 4.66. The fraction of sp³-hybridized carbons (Fsp3) is 0.400. The van der Waals surface area contributed by atoms with Crippen molar-refractivity contribution in [2.45, 2.75) is 56.5 Å². The molecule has 2 atom stereocenters. The van der Waals surface area contributed by atoms with Crippen molar-refractivity contribution in [2.75, 3.05) is 5.32 Å². The maximum Gasteiger partial charge on any atom is 0.240 e. The Kier molecular flexibility index (Phi) is 5.90. The van der Waals surface area contributed by atoms with E-state index in [9.17, 15) is 8.42 Å². The molecule has 1 fully saturated rings. The number of rotatable bonds is 5. The van der Waals surface area contributed by atoms with Gasteiger partial charge in [-0.05, 0) is 68.1 Å². The summed E-state index contributed by atoms with van der Waals surface area (Å²) in [7, 11) is -3.57. The molecule has 26 heavy (non-hydrogen) atoms. The molecule has 2 aromatic carbocycles. The van der Waals surface area contributed by atoms with Gasteiger partial charge in [0.15, 0.2) is 0 Å². The maximum atomic E-state index is 12.7. The van der Waals surface area contributed by atoms with E-state index in [0.717, 1.165) is 31.4 Å². The van der Waals surface area contributed by atoms with Gasteiger partial charge in [-0.2, -0.15) is 0 Å². The summed E-state index contributed by atoms with van der Waals surface area (Å²) in [5.74, 6) is 0. The monoisotopic (exact) mass is 392 g/mol. The molecule has 140 valence electrons. The molecule has 2 aromatic rings. The highest BCUT2D eigenvalue weighted by molar-refractivity contribution is 7.89. The molecular formula is C20H25ClN2O2S. The maximum absolute atomic E-state index is 12.7. The molecule has 0 spiro atoms. The molecule has 0 heterocycles. The van der Waals surface area contributed by atoms with E-state index in [1.165, 1.54) is 11.1 Å². The number of anilines is 1. The molecule has 0 radical (unpaired) electrons. The second kappa shape index (κ2) is 7.99. The zero-order valence-corrected chi connectivity index (χ0v) is 16.7. The van der Waals surface area contributed by atoms with Crippen LogP contribution < -0.4 is 10.0 Å². The van der Waals surface area contributed by atoms with E-state index in [-0.39, 0.29) is 17.0 Å². The first-order chi connectivity index (χ1) is 12.3. The first kappa shape index (κ1) is 19.2. The molecule has 0 amide bonds. The van der Waals surface area contributed by atoms with Crippen LogP contribution in [0, 0.1) is 13.8 Å². The summed E-state index contributed by atoms with van der Waals surface area (Å²) in [6.45, 7) is 4.13. The molecular weight excluding hydrogens is 368 g/mol. The van der Waals surface area contributed by atoms with E-state index in [1.807, 2.05) is 0 Å². The summed E-state index contributed by atoms with van der Waals surface area (Å²) >= 11 is 5.87. The van der Waals surface area contributed by atoms with Crippen molar-refractivity contribution in [3.05, 3.63) is 58.6 Å². The smallest absolute Gasteiger partial charge is 0.240 e. The van der Waals surface area contributed by atoms with Gasteiger partial charge >= 0.3 is 0 Å². The minimum Gasteiger partial charge on any atom is -0.380 e. The van der Waals surface area contributed by atoms with Gasteiger partial charge < -0.3 is 5.32 Å². The predicted molar refractivity (Wildman–Crippen MR) is 107 cm³/mol. The Bertz CT molecular complexity index is 866. The van der Waals surface area contributed by atoms with Gasteiger partial charge in [-0.25, -0.2) is 13.1 Å². The lowest BCUT2D eigenvalue weighted by molar-refractivity contribution is 0.378. The molecule has 2 N–H and O–H groups in total. The van der Waals surface area contributed by atoms with Crippen molar-refractivity contribution in [2.24, 2.45) is 0 Å². The number of hydrogen-bond donors (Lipinski definition) is 2. The molecule has 1 aliphatic rings. The van der Waals surface area contributed by atoms with Crippen LogP contribution in [0.25, 0.3) is 0 Å². The fourth-order valence-corrected chi connectivity index (χ4v) is 4.85. The third kappa shape index (κ3) is 4.58. The van der Waals surface area contributed by atoms with Crippen LogP contribution in [0.1, 0.15) is 36.8 Å². The molecule has 0 saturated heterocycles. The average molecular weight is 393 g/mol. The summed E-state index contributed by atoms with van der Waals surface area (Å²) < 4.78 is 28.4. The number of hydrogen-bond acceptors (Lipinski definition) is 3. The van der Waals surface area contributed by atoms with Crippen molar-refractivity contribution in [1.82, 2.24) is 4.72 Å². The van der Waals surface area contributed by atoms with Gasteiger partial charge in [0.2, 0.25) is 10.0 Å². The Morgan fingerprint density at radius 1 is 0.962 bits per heavy atom. The van der Waals surface area contributed by atoms with Crippen LogP contribution in [-0.2, 0) is 10.0 Å². The van der Waals surface area contributed by atoms with E-state index in [4.69, 9.17) is 11.6 Å². The van der Waals surface area contributed by atoms with Crippen LogP contribution >= 0.6 is 11.6 Å². The van der Waals surface area contributed by atoms with Gasteiger partial charge in [-0.15, -0.1) is 0 Å². The van der Waals surface area contributed by atoms with Crippen molar-refractivity contribution < 1.29 is 8.42 Å². The van der Waals surface area contributed by atoms with E-state index in [0.29, 0.717) is 5.02 Å². The molecule has 1 aliphatic carbocycles. The third-order valence-corrected chi connectivity index (χ3v) is 6.69. The first-order valence-electron chi connectivity index (χ1n) is 8.97. The average Bonchev–Trinajstić information content (AvgIpc) is 2.60. The largest absolute Gasteiger partial charge is 0.380 e. The Morgan fingerprint density at radius 3 is 2.31 bits per heavy atom. The van der Waals surface area contributed by atoms with E-state index >= 15 is 0 Å². The standard InChI is InChI=1S/C20H25ClN2O2S/c1-14-7-8-15(2)20(13-14)22-18-5-3-4-6-19(18)23-26(24,25)17-11-9-16(21)10-12-17/h7-13,18-19,22-23H,3-6H2,1-2H3/t18-,19+/m1/s1. The molecule has 1 saturated carbocycles. The van der Waals surface area contributed by atoms with Gasteiger partial charge in [0.1, 0.15) is 0 Å². The number of halogens is 1. The highest BCUT2D eigenvalue weighted by atomic mass is 35.5. The molecule has 4 nitrogen and oxygen atoms in total. The quantitative estimate of drug-likeness (QED) is 0.778. The lowest BCUT2D eigenvalue weighted by Crippen LogP contribution is -2.48. The SMILES string of the molecule is Cc1ccc(C)c(N[C@@H]2CCCC[C@@H]2NS(=O)(=O)c2ccc(Cl)cc2)c1. The van der Waals surface area contributed by atoms with Crippen LogP contribution in [0.15, 0.2) is 47.4 Å². The highest BCUT2D eigenvalue weighted by Gasteiger charge is 2.29. The van der Waals surface area contributed by atoms with Crippen LogP contribution in [-0.4, -0.2) is 20.5 Å². The molecule has 3 rings (SSSR count). The van der Waals surface area contributed by atoms with Crippen molar-refractivity contribution >= 4 is 27.3 Å². The Labute approximate surface area is 161 Å². The molecule has 6 heteroatoms. The third-order valence-electron chi connectivity index (χ3n) is 4.93. The Morgan fingerprint density at radius 2 is 1.62 bits per heavy atom. The van der Waals surface area contributed by atoms with Crippen LogP contribution in [0.2, 0.25) is 5.02 Å². The zero-order chi connectivity index (χ0) is 18.7. The second-order valence-electron chi connectivity index (χ2n) is 7.04. The minimum absolute atomic E-state index is 0.0753. The van der Waals surface area contributed by atoms with Crippen LogP contribution in [0.3, 0.4) is 0 Å². The van der Waals surface area contributed by atoms with Gasteiger partial charge in [0.05, 0.1) is 4.90 Å². The van der Waals surface area contributed by atoms with Crippen molar-refractivity contribution in [3.8, 4) is 0 Å². The lowest BCUT2D eigenvalue weighted by Gasteiger charge is -2.33. The Balaban J connectivity index is 1.78. The van der Waals surface area contributed by atoms with Crippen molar-refractivity contribution in [3.63, 3.8) is 0 Å². The molecule has 0 aliphatic heterocycles. The second-order valence-corrected chi connectivity index (χ2v) is 9.19.